The molecule has 2 rings (SSSR count). The predicted molar refractivity (Wildman–Crippen MR) is 80.8 cm³/mol. The maximum Gasteiger partial charge on any atom is 0.311 e. The second kappa shape index (κ2) is 7.24. The van der Waals surface area contributed by atoms with Crippen LogP contribution >= 0.6 is 0 Å². The quantitative estimate of drug-likeness (QED) is 0.858. The number of para-hydroxylation sites is 1. The molecule has 1 amide bonds. The summed E-state index contributed by atoms with van der Waals surface area (Å²) in [5.74, 6) is -0.764. The van der Waals surface area contributed by atoms with Crippen molar-refractivity contribution >= 4 is 17.6 Å². The Morgan fingerprint density at radius 1 is 1.00 bits per heavy atom. The summed E-state index contributed by atoms with van der Waals surface area (Å²) >= 11 is 0. The number of nitrogens with one attached hydrogen (secondary N) is 1. The van der Waals surface area contributed by atoms with E-state index in [9.17, 15) is 9.59 Å². The monoisotopic (exact) mass is 283 g/mol. The van der Waals surface area contributed by atoms with E-state index in [0.717, 1.165) is 5.56 Å². The number of amides is 1. The molecule has 0 saturated heterocycles. The second-order valence-electron chi connectivity index (χ2n) is 4.65. The van der Waals surface area contributed by atoms with E-state index in [4.69, 9.17) is 4.74 Å². The molecule has 0 fully saturated rings. The predicted octanol–water partition coefficient (Wildman–Crippen LogP) is 2.80. The van der Waals surface area contributed by atoms with Gasteiger partial charge in [0.15, 0.2) is 6.10 Å². The van der Waals surface area contributed by atoms with E-state index < -0.39 is 12.1 Å². The molecule has 4 heteroatoms. The van der Waals surface area contributed by atoms with Gasteiger partial charge in [0.1, 0.15) is 0 Å². The van der Waals surface area contributed by atoms with E-state index in [1.807, 2.05) is 48.5 Å². The molecule has 108 valence electrons. The van der Waals surface area contributed by atoms with Crippen molar-refractivity contribution < 1.29 is 14.3 Å². The highest BCUT2D eigenvalue weighted by Gasteiger charge is 2.17. The average molecular weight is 283 g/mol. The fourth-order valence-electron chi connectivity index (χ4n) is 1.82. The largest absolute Gasteiger partial charge is 0.452 e. The molecule has 0 saturated carbocycles. The first-order chi connectivity index (χ1) is 10.1. The number of carbonyl (C=O) groups excluding carboxylic acids is 2. The molecule has 0 unspecified atom stereocenters. The highest BCUT2D eigenvalue weighted by molar-refractivity contribution is 5.95. The third-order valence-electron chi connectivity index (χ3n) is 2.91. The summed E-state index contributed by atoms with van der Waals surface area (Å²) in [5, 5.41) is 2.69. The number of anilines is 1. The summed E-state index contributed by atoms with van der Waals surface area (Å²) in [6.45, 7) is 1.56. The third kappa shape index (κ3) is 4.76. The minimum Gasteiger partial charge on any atom is -0.452 e. The lowest BCUT2D eigenvalue weighted by molar-refractivity contribution is -0.152. The van der Waals surface area contributed by atoms with Crippen molar-refractivity contribution in [2.45, 2.75) is 19.4 Å². The molecule has 21 heavy (non-hydrogen) atoms. The molecule has 2 aromatic rings. The topological polar surface area (TPSA) is 55.4 Å². The first-order valence-electron chi connectivity index (χ1n) is 6.74. The van der Waals surface area contributed by atoms with Crippen LogP contribution in [0.5, 0.6) is 0 Å². The first-order valence-corrected chi connectivity index (χ1v) is 6.74. The molecule has 0 spiro atoms. The van der Waals surface area contributed by atoms with Crippen LogP contribution in [0.25, 0.3) is 0 Å². The number of rotatable bonds is 5. The molecule has 1 N–H and O–H groups in total. The summed E-state index contributed by atoms with van der Waals surface area (Å²) in [6, 6.07) is 18.3. The molecule has 0 bridgehead atoms. The van der Waals surface area contributed by atoms with Crippen molar-refractivity contribution in [2.24, 2.45) is 0 Å². The van der Waals surface area contributed by atoms with Gasteiger partial charge in [0, 0.05) is 5.69 Å². The molecule has 0 aliphatic rings. The lowest BCUT2D eigenvalue weighted by Crippen LogP contribution is -2.30. The standard InChI is InChI=1S/C17H17NO3/c1-13(17(20)18-15-10-6-3-7-11-15)21-16(19)12-14-8-4-2-5-9-14/h2-11,13H,12H2,1H3,(H,18,20)/t13-/m1/s1. The lowest BCUT2D eigenvalue weighted by Gasteiger charge is -2.13. The number of ether oxygens (including phenoxy) is 1. The molecule has 0 aliphatic heterocycles. The number of carbonyl (C=O) groups is 2. The van der Waals surface area contributed by atoms with Gasteiger partial charge < -0.3 is 10.1 Å². The van der Waals surface area contributed by atoms with E-state index in [0.29, 0.717) is 5.69 Å². The van der Waals surface area contributed by atoms with Crippen LogP contribution in [-0.4, -0.2) is 18.0 Å². The van der Waals surface area contributed by atoms with Crippen LogP contribution in [-0.2, 0) is 20.7 Å². The van der Waals surface area contributed by atoms with Gasteiger partial charge in [0.25, 0.3) is 5.91 Å². The minimum absolute atomic E-state index is 0.157. The Hall–Kier alpha value is -2.62. The van der Waals surface area contributed by atoms with Gasteiger partial charge in [0.2, 0.25) is 0 Å². The van der Waals surface area contributed by atoms with Crippen molar-refractivity contribution in [3.05, 3.63) is 66.2 Å². The van der Waals surface area contributed by atoms with Crippen LogP contribution < -0.4 is 5.32 Å². The minimum atomic E-state index is -0.832. The van der Waals surface area contributed by atoms with Crippen LogP contribution in [0.3, 0.4) is 0 Å². The molecular weight excluding hydrogens is 266 g/mol. The third-order valence-corrected chi connectivity index (χ3v) is 2.91. The fraction of sp³-hybridized carbons (Fsp3) is 0.176. The van der Waals surface area contributed by atoms with E-state index in [1.165, 1.54) is 0 Å². The highest BCUT2D eigenvalue weighted by atomic mass is 16.5. The zero-order chi connectivity index (χ0) is 15.1. The Balaban J connectivity index is 1.84. The van der Waals surface area contributed by atoms with Gasteiger partial charge in [-0.25, -0.2) is 0 Å². The number of esters is 1. The smallest absolute Gasteiger partial charge is 0.311 e. The maximum absolute atomic E-state index is 11.9. The van der Waals surface area contributed by atoms with E-state index in [2.05, 4.69) is 5.32 Å². The van der Waals surface area contributed by atoms with Crippen molar-refractivity contribution in [3.63, 3.8) is 0 Å². The first kappa shape index (κ1) is 14.8. The fourth-order valence-corrected chi connectivity index (χ4v) is 1.82. The molecule has 0 aliphatic carbocycles. The van der Waals surface area contributed by atoms with Crippen LogP contribution in [0.1, 0.15) is 12.5 Å². The Bertz CT molecular complexity index is 596. The Labute approximate surface area is 123 Å². The van der Waals surface area contributed by atoms with Crippen LogP contribution in [0.4, 0.5) is 5.69 Å². The number of benzene rings is 2. The molecule has 0 heterocycles. The van der Waals surface area contributed by atoms with E-state index in [-0.39, 0.29) is 12.3 Å². The van der Waals surface area contributed by atoms with E-state index in [1.54, 1.807) is 19.1 Å². The summed E-state index contributed by atoms with van der Waals surface area (Å²) < 4.78 is 5.14. The second-order valence-corrected chi connectivity index (χ2v) is 4.65. The van der Waals surface area contributed by atoms with Gasteiger partial charge in [-0.1, -0.05) is 48.5 Å². The average Bonchev–Trinajstić information content (AvgIpc) is 2.49. The van der Waals surface area contributed by atoms with Crippen molar-refractivity contribution in [1.29, 1.82) is 0 Å². The molecule has 0 aromatic heterocycles. The van der Waals surface area contributed by atoms with Gasteiger partial charge >= 0.3 is 5.97 Å². The molecule has 4 nitrogen and oxygen atoms in total. The molecule has 1 atom stereocenters. The maximum atomic E-state index is 11.9. The van der Waals surface area contributed by atoms with E-state index >= 15 is 0 Å². The molecular formula is C17H17NO3. The SMILES string of the molecule is C[C@@H](OC(=O)Cc1ccccc1)C(=O)Nc1ccccc1. The molecule has 0 radical (unpaired) electrons. The van der Waals surface area contributed by atoms with Crippen molar-refractivity contribution in [2.75, 3.05) is 5.32 Å². The Morgan fingerprint density at radius 2 is 1.57 bits per heavy atom. The Morgan fingerprint density at radius 3 is 2.19 bits per heavy atom. The van der Waals surface area contributed by atoms with Crippen LogP contribution in [0, 0.1) is 0 Å². The lowest BCUT2D eigenvalue weighted by atomic mass is 10.1. The van der Waals surface area contributed by atoms with Crippen LogP contribution in [0.2, 0.25) is 0 Å². The van der Waals surface area contributed by atoms with Crippen LogP contribution in [0.15, 0.2) is 60.7 Å². The van der Waals surface area contributed by atoms with Gasteiger partial charge in [0.05, 0.1) is 6.42 Å². The normalized spacial score (nSPS) is 11.5. The summed E-state index contributed by atoms with van der Waals surface area (Å²) in [5.41, 5.74) is 1.53. The highest BCUT2D eigenvalue weighted by Crippen LogP contribution is 2.07. The number of hydrogen-bond donors (Lipinski definition) is 1. The summed E-state index contributed by atoms with van der Waals surface area (Å²) in [4.78, 5) is 23.7. The van der Waals surface area contributed by atoms with Crippen molar-refractivity contribution in [3.8, 4) is 0 Å². The van der Waals surface area contributed by atoms with Gasteiger partial charge in [-0.2, -0.15) is 0 Å². The van der Waals surface area contributed by atoms with Gasteiger partial charge in [-0.15, -0.1) is 0 Å². The number of hydrogen-bond acceptors (Lipinski definition) is 3. The zero-order valence-electron chi connectivity index (χ0n) is 11.8. The molecule has 2 aromatic carbocycles. The summed E-state index contributed by atoms with van der Waals surface area (Å²) in [7, 11) is 0. The van der Waals surface area contributed by atoms with Gasteiger partial charge in [-0.05, 0) is 24.6 Å². The van der Waals surface area contributed by atoms with Gasteiger partial charge in [-0.3, -0.25) is 9.59 Å². The van der Waals surface area contributed by atoms with Crippen molar-refractivity contribution in [1.82, 2.24) is 0 Å². The zero-order valence-corrected chi connectivity index (χ0v) is 11.8. The Kier molecular flexibility index (Phi) is 5.10. The summed E-state index contributed by atoms with van der Waals surface area (Å²) in [6.07, 6.45) is -0.675.